The van der Waals surface area contributed by atoms with Crippen molar-refractivity contribution in [1.82, 2.24) is 15.5 Å². The predicted octanol–water partition coefficient (Wildman–Crippen LogP) is 3.14. The van der Waals surface area contributed by atoms with Gasteiger partial charge < -0.3 is 10.6 Å². The molecule has 0 amide bonds. The Hall–Kier alpha value is -1.55. The van der Waals surface area contributed by atoms with Gasteiger partial charge in [-0.1, -0.05) is 51.0 Å². The van der Waals surface area contributed by atoms with Crippen molar-refractivity contribution in [2.75, 3.05) is 20.1 Å². The molecule has 2 rings (SSSR count). The van der Waals surface area contributed by atoms with E-state index in [2.05, 4.69) is 58.6 Å². The standard InChI is InChI=1S/C19H32N4/c1-4-23(5-2)15-17-10-8-9-16(13-17)14-21-19(20-3)22-18-11-6-7-12-18/h8-10,13,18H,4-7,11-12,14-15H2,1-3H3,(H2,20,21,22). The summed E-state index contributed by atoms with van der Waals surface area (Å²) in [6.07, 6.45) is 5.20. The van der Waals surface area contributed by atoms with Crippen LogP contribution in [-0.4, -0.2) is 37.0 Å². The van der Waals surface area contributed by atoms with Gasteiger partial charge in [-0.15, -0.1) is 0 Å². The second kappa shape index (κ2) is 9.56. The molecule has 128 valence electrons. The van der Waals surface area contributed by atoms with Crippen LogP contribution in [0.15, 0.2) is 29.3 Å². The average Bonchev–Trinajstić information content (AvgIpc) is 3.09. The Labute approximate surface area is 141 Å². The largest absolute Gasteiger partial charge is 0.354 e. The number of benzene rings is 1. The van der Waals surface area contributed by atoms with E-state index < -0.39 is 0 Å². The van der Waals surface area contributed by atoms with Crippen molar-refractivity contribution in [2.45, 2.75) is 58.7 Å². The molecule has 1 aliphatic rings. The van der Waals surface area contributed by atoms with Crippen LogP contribution in [0.1, 0.15) is 50.7 Å². The first-order valence-corrected chi connectivity index (χ1v) is 9.02. The second-order valence-electron chi connectivity index (χ2n) is 6.33. The molecule has 1 saturated carbocycles. The second-order valence-corrected chi connectivity index (χ2v) is 6.33. The van der Waals surface area contributed by atoms with Crippen LogP contribution in [0.4, 0.5) is 0 Å². The van der Waals surface area contributed by atoms with Gasteiger partial charge in [0.25, 0.3) is 0 Å². The quantitative estimate of drug-likeness (QED) is 0.600. The van der Waals surface area contributed by atoms with E-state index in [9.17, 15) is 0 Å². The minimum Gasteiger partial charge on any atom is -0.354 e. The summed E-state index contributed by atoms with van der Waals surface area (Å²) in [4.78, 5) is 6.79. The zero-order valence-electron chi connectivity index (χ0n) is 14.9. The van der Waals surface area contributed by atoms with E-state index in [-0.39, 0.29) is 0 Å². The van der Waals surface area contributed by atoms with Crippen LogP contribution in [0, 0.1) is 0 Å². The molecule has 0 spiro atoms. The molecule has 0 radical (unpaired) electrons. The molecular weight excluding hydrogens is 284 g/mol. The number of hydrogen-bond acceptors (Lipinski definition) is 2. The van der Waals surface area contributed by atoms with Crippen LogP contribution in [-0.2, 0) is 13.1 Å². The minimum absolute atomic E-state index is 0.593. The summed E-state index contributed by atoms with van der Waals surface area (Å²) in [5.74, 6) is 0.922. The topological polar surface area (TPSA) is 39.7 Å². The molecule has 23 heavy (non-hydrogen) atoms. The summed E-state index contributed by atoms with van der Waals surface area (Å²) < 4.78 is 0. The highest BCUT2D eigenvalue weighted by molar-refractivity contribution is 5.79. The van der Waals surface area contributed by atoms with Crippen LogP contribution in [0.3, 0.4) is 0 Å². The van der Waals surface area contributed by atoms with Crippen LogP contribution >= 0.6 is 0 Å². The van der Waals surface area contributed by atoms with E-state index in [0.717, 1.165) is 32.1 Å². The molecule has 1 aromatic rings. The lowest BCUT2D eigenvalue weighted by Gasteiger charge is -2.19. The van der Waals surface area contributed by atoms with E-state index in [0.29, 0.717) is 6.04 Å². The van der Waals surface area contributed by atoms with Crippen LogP contribution < -0.4 is 10.6 Å². The van der Waals surface area contributed by atoms with E-state index in [1.165, 1.54) is 36.8 Å². The summed E-state index contributed by atoms with van der Waals surface area (Å²) >= 11 is 0. The number of nitrogens with one attached hydrogen (secondary N) is 2. The third-order valence-corrected chi connectivity index (χ3v) is 4.67. The van der Waals surface area contributed by atoms with Gasteiger partial charge in [-0.3, -0.25) is 9.89 Å². The average molecular weight is 316 g/mol. The Kier molecular flexibility index (Phi) is 7.40. The van der Waals surface area contributed by atoms with Crippen LogP contribution in [0.25, 0.3) is 0 Å². The lowest BCUT2D eigenvalue weighted by molar-refractivity contribution is 0.296. The summed E-state index contributed by atoms with van der Waals surface area (Å²) in [6.45, 7) is 8.46. The number of hydrogen-bond donors (Lipinski definition) is 2. The fourth-order valence-electron chi connectivity index (χ4n) is 3.19. The minimum atomic E-state index is 0.593. The molecule has 0 aromatic heterocycles. The molecule has 1 aromatic carbocycles. The molecule has 0 bridgehead atoms. The van der Waals surface area contributed by atoms with Gasteiger partial charge in [-0.25, -0.2) is 0 Å². The smallest absolute Gasteiger partial charge is 0.191 e. The SMILES string of the molecule is CCN(CC)Cc1cccc(CNC(=NC)NC2CCCC2)c1. The fourth-order valence-corrected chi connectivity index (χ4v) is 3.19. The summed E-state index contributed by atoms with van der Waals surface area (Å²) in [7, 11) is 1.85. The van der Waals surface area contributed by atoms with Crippen molar-refractivity contribution in [3.8, 4) is 0 Å². The lowest BCUT2D eigenvalue weighted by Crippen LogP contribution is -2.41. The first-order chi connectivity index (χ1) is 11.2. The highest BCUT2D eigenvalue weighted by Gasteiger charge is 2.15. The van der Waals surface area contributed by atoms with Crippen molar-refractivity contribution < 1.29 is 0 Å². The molecule has 0 heterocycles. The van der Waals surface area contributed by atoms with Crippen molar-refractivity contribution in [2.24, 2.45) is 4.99 Å². The van der Waals surface area contributed by atoms with Crippen molar-refractivity contribution in [1.29, 1.82) is 0 Å². The van der Waals surface area contributed by atoms with E-state index in [1.54, 1.807) is 0 Å². The van der Waals surface area contributed by atoms with Gasteiger partial charge in [-0.2, -0.15) is 0 Å². The van der Waals surface area contributed by atoms with Crippen molar-refractivity contribution in [3.63, 3.8) is 0 Å². The van der Waals surface area contributed by atoms with Gasteiger partial charge in [-0.05, 0) is 37.1 Å². The highest BCUT2D eigenvalue weighted by atomic mass is 15.2. The monoisotopic (exact) mass is 316 g/mol. The van der Waals surface area contributed by atoms with Crippen LogP contribution in [0.5, 0.6) is 0 Å². The Morgan fingerprint density at radius 3 is 2.52 bits per heavy atom. The Morgan fingerprint density at radius 1 is 1.17 bits per heavy atom. The van der Waals surface area contributed by atoms with Gasteiger partial charge >= 0.3 is 0 Å². The predicted molar refractivity (Wildman–Crippen MR) is 98.7 cm³/mol. The number of guanidine groups is 1. The van der Waals surface area contributed by atoms with Gasteiger partial charge in [0.15, 0.2) is 5.96 Å². The normalized spacial score (nSPS) is 16.1. The molecule has 0 aliphatic heterocycles. The fraction of sp³-hybridized carbons (Fsp3) is 0.632. The number of aliphatic imine (C=N–C) groups is 1. The molecule has 0 atom stereocenters. The molecule has 1 fully saturated rings. The number of rotatable bonds is 7. The summed E-state index contributed by atoms with van der Waals surface area (Å²) in [5.41, 5.74) is 2.69. The van der Waals surface area contributed by atoms with E-state index in [4.69, 9.17) is 0 Å². The van der Waals surface area contributed by atoms with Gasteiger partial charge in [0.1, 0.15) is 0 Å². The third kappa shape index (κ3) is 5.87. The Bertz CT molecular complexity index is 488. The van der Waals surface area contributed by atoms with Gasteiger partial charge in [0.05, 0.1) is 0 Å². The molecule has 4 nitrogen and oxygen atoms in total. The van der Waals surface area contributed by atoms with Crippen LogP contribution in [0.2, 0.25) is 0 Å². The first-order valence-electron chi connectivity index (χ1n) is 9.02. The molecule has 4 heteroatoms. The van der Waals surface area contributed by atoms with Gasteiger partial charge in [0.2, 0.25) is 0 Å². The van der Waals surface area contributed by atoms with E-state index in [1.807, 2.05) is 7.05 Å². The summed E-state index contributed by atoms with van der Waals surface area (Å²) in [6, 6.07) is 9.45. The van der Waals surface area contributed by atoms with Crippen molar-refractivity contribution >= 4 is 5.96 Å². The van der Waals surface area contributed by atoms with Gasteiger partial charge in [0, 0.05) is 26.2 Å². The maximum Gasteiger partial charge on any atom is 0.191 e. The first kappa shape index (κ1) is 17.8. The lowest BCUT2D eigenvalue weighted by atomic mass is 10.1. The Balaban J connectivity index is 1.86. The number of nitrogens with zero attached hydrogens (tertiary/aromatic N) is 2. The molecule has 0 unspecified atom stereocenters. The maximum absolute atomic E-state index is 4.35. The van der Waals surface area contributed by atoms with Crippen molar-refractivity contribution in [3.05, 3.63) is 35.4 Å². The maximum atomic E-state index is 4.35. The molecule has 0 saturated heterocycles. The zero-order chi connectivity index (χ0) is 16.5. The Morgan fingerprint density at radius 2 is 1.87 bits per heavy atom. The third-order valence-electron chi connectivity index (χ3n) is 4.67. The molecule has 2 N–H and O–H groups in total. The summed E-state index contributed by atoms with van der Waals surface area (Å²) in [5, 5.41) is 6.98. The highest BCUT2D eigenvalue weighted by Crippen LogP contribution is 2.17. The molecule has 1 aliphatic carbocycles. The zero-order valence-corrected chi connectivity index (χ0v) is 14.9. The molecular formula is C19H32N4. The van der Waals surface area contributed by atoms with E-state index >= 15 is 0 Å².